The largest absolute Gasteiger partial charge is 0.398 e. The van der Waals surface area contributed by atoms with Crippen molar-refractivity contribution in [3.63, 3.8) is 0 Å². The van der Waals surface area contributed by atoms with Crippen LogP contribution >= 0.6 is 0 Å². The highest BCUT2D eigenvalue weighted by Gasteiger charge is 2.20. The smallest absolute Gasteiger partial charge is 0.0457 e. The highest BCUT2D eigenvalue weighted by Crippen LogP contribution is 2.31. The van der Waals surface area contributed by atoms with Gasteiger partial charge in [0.2, 0.25) is 0 Å². The van der Waals surface area contributed by atoms with E-state index in [9.17, 15) is 0 Å². The average Bonchev–Trinajstić information content (AvgIpc) is 2.74. The van der Waals surface area contributed by atoms with Crippen molar-refractivity contribution in [1.29, 1.82) is 0 Å². The minimum atomic E-state index is 0.914. The average molecular weight is 224 g/mol. The van der Waals surface area contributed by atoms with E-state index in [4.69, 9.17) is 5.73 Å². The normalized spacial score (nSPS) is 13.8. The minimum Gasteiger partial charge on any atom is -0.398 e. The molecule has 0 aromatic heterocycles. The molecule has 0 fully saturated rings. The highest BCUT2D eigenvalue weighted by molar-refractivity contribution is 5.60. The van der Waals surface area contributed by atoms with Crippen LogP contribution in [0.2, 0.25) is 0 Å². The number of hydrogen-bond acceptors (Lipinski definition) is 2. The van der Waals surface area contributed by atoms with Crippen LogP contribution in [0.3, 0.4) is 0 Å². The Kier molecular flexibility index (Phi) is 2.29. The van der Waals surface area contributed by atoms with E-state index in [1.165, 1.54) is 22.4 Å². The number of hydrogen-bond donors (Lipinski definition) is 1. The van der Waals surface area contributed by atoms with Crippen molar-refractivity contribution < 1.29 is 0 Å². The zero-order valence-corrected chi connectivity index (χ0v) is 9.98. The van der Waals surface area contributed by atoms with Crippen molar-refractivity contribution in [3.8, 4) is 0 Å². The predicted molar refractivity (Wildman–Crippen MR) is 71.9 cm³/mol. The van der Waals surface area contributed by atoms with Crippen molar-refractivity contribution in [2.75, 3.05) is 10.6 Å². The molecule has 0 saturated heterocycles. The second-order valence-corrected chi connectivity index (χ2v) is 4.68. The quantitative estimate of drug-likeness (QED) is 0.754. The summed E-state index contributed by atoms with van der Waals surface area (Å²) < 4.78 is 0. The summed E-state index contributed by atoms with van der Waals surface area (Å²) >= 11 is 0. The molecular weight excluding hydrogens is 208 g/mol. The fraction of sp³-hybridized carbons (Fsp3) is 0.200. The minimum absolute atomic E-state index is 0.914. The monoisotopic (exact) mass is 224 g/mol. The summed E-state index contributed by atoms with van der Waals surface area (Å²) in [5, 5.41) is 0. The second-order valence-electron chi connectivity index (χ2n) is 4.68. The van der Waals surface area contributed by atoms with E-state index in [2.05, 4.69) is 42.2 Å². The Morgan fingerprint density at radius 2 is 1.88 bits per heavy atom. The number of nitrogen functional groups attached to an aromatic ring is 1. The summed E-state index contributed by atoms with van der Waals surface area (Å²) in [6.45, 7) is 4.01. The number of aryl methyl sites for hydroxylation is 1. The topological polar surface area (TPSA) is 29.3 Å². The molecule has 2 heteroatoms. The third kappa shape index (κ3) is 1.76. The summed E-state index contributed by atoms with van der Waals surface area (Å²) in [4.78, 5) is 2.37. The van der Waals surface area contributed by atoms with Crippen LogP contribution < -0.4 is 10.6 Å². The molecule has 0 aliphatic carbocycles. The van der Waals surface area contributed by atoms with Gasteiger partial charge >= 0.3 is 0 Å². The molecule has 2 aromatic rings. The zero-order valence-electron chi connectivity index (χ0n) is 9.98. The van der Waals surface area contributed by atoms with Gasteiger partial charge in [-0.05, 0) is 41.8 Å². The first-order valence-electron chi connectivity index (χ1n) is 5.92. The van der Waals surface area contributed by atoms with Gasteiger partial charge in [-0.2, -0.15) is 0 Å². The summed E-state index contributed by atoms with van der Waals surface area (Å²) in [6.07, 6.45) is 0. The fourth-order valence-electron chi connectivity index (χ4n) is 2.46. The van der Waals surface area contributed by atoms with Crippen LogP contribution in [-0.4, -0.2) is 0 Å². The molecule has 3 rings (SSSR count). The van der Waals surface area contributed by atoms with Gasteiger partial charge in [-0.3, -0.25) is 0 Å². The van der Waals surface area contributed by atoms with Crippen LogP contribution in [0.1, 0.15) is 16.7 Å². The Labute approximate surface area is 102 Å². The maximum Gasteiger partial charge on any atom is 0.0457 e. The number of nitrogens with zero attached hydrogens (tertiary/aromatic N) is 1. The van der Waals surface area contributed by atoms with E-state index >= 15 is 0 Å². The van der Waals surface area contributed by atoms with Gasteiger partial charge in [0.1, 0.15) is 0 Å². The standard InChI is InChI=1S/C15H16N2/c1-11-4-2-6-13(8-11)17-9-12-5-3-7-15(16)14(12)10-17/h2-8H,9-10,16H2,1H3. The molecule has 17 heavy (non-hydrogen) atoms. The number of rotatable bonds is 1. The lowest BCUT2D eigenvalue weighted by molar-refractivity contribution is 0.880. The molecule has 0 spiro atoms. The molecule has 0 saturated carbocycles. The third-order valence-electron chi connectivity index (χ3n) is 3.39. The molecule has 0 amide bonds. The number of fused-ring (bicyclic) bond motifs is 1. The third-order valence-corrected chi connectivity index (χ3v) is 3.39. The summed E-state index contributed by atoms with van der Waals surface area (Å²) in [6, 6.07) is 14.8. The lowest BCUT2D eigenvalue weighted by Crippen LogP contribution is -2.14. The van der Waals surface area contributed by atoms with Gasteiger partial charge in [-0.25, -0.2) is 0 Å². The van der Waals surface area contributed by atoms with E-state index in [-0.39, 0.29) is 0 Å². The Bertz CT molecular complexity index is 561. The summed E-state index contributed by atoms with van der Waals surface area (Å²) in [5.41, 5.74) is 12.1. The van der Waals surface area contributed by atoms with Gasteiger partial charge in [0.15, 0.2) is 0 Å². The molecule has 1 heterocycles. The van der Waals surface area contributed by atoms with Crippen LogP contribution in [0, 0.1) is 6.92 Å². The van der Waals surface area contributed by atoms with Crippen LogP contribution in [0.15, 0.2) is 42.5 Å². The van der Waals surface area contributed by atoms with Gasteiger partial charge in [-0.1, -0.05) is 24.3 Å². The summed E-state index contributed by atoms with van der Waals surface area (Å²) in [5.74, 6) is 0. The molecule has 86 valence electrons. The van der Waals surface area contributed by atoms with Crippen molar-refractivity contribution in [2.45, 2.75) is 20.0 Å². The first-order chi connectivity index (χ1) is 8.24. The summed E-state index contributed by atoms with van der Waals surface area (Å²) in [7, 11) is 0. The number of anilines is 2. The second kappa shape index (κ2) is 3.81. The molecule has 1 aliphatic rings. The molecule has 0 radical (unpaired) electrons. The molecule has 0 unspecified atom stereocenters. The van der Waals surface area contributed by atoms with Gasteiger partial charge in [-0.15, -0.1) is 0 Å². The van der Waals surface area contributed by atoms with E-state index in [1.54, 1.807) is 0 Å². The lowest BCUT2D eigenvalue weighted by Gasteiger charge is -2.18. The lowest BCUT2D eigenvalue weighted by atomic mass is 10.1. The van der Waals surface area contributed by atoms with Gasteiger partial charge in [0.25, 0.3) is 0 Å². The fourth-order valence-corrected chi connectivity index (χ4v) is 2.46. The van der Waals surface area contributed by atoms with E-state index in [0.717, 1.165) is 18.8 Å². The van der Waals surface area contributed by atoms with Crippen LogP contribution in [0.4, 0.5) is 11.4 Å². The van der Waals surface area contributed by atoms with E-state index in [1.807, 2.05) is 12.1 Å². The van der Waals surface area contributed by atoms with Crippen molar-refractivity contribution in [3.05, 3.63) is 59.2 Å². The molecule has 2 aromatic carbocycles. The molecule has 0 bridgehead atoms. The maximum atomic E-state index is 6.02. The van der Waals surface area contributed by atoms with Gasteiger partial charge in [0.05, 0.1) is 0 Å². The number of benzene rings is 2. The van der Waals surface area contributed by atoms with Crippen LogP contribution in [-0.2, 0) is 13.1 Å². The Balaban J connectivity index is 1.94. The van der Waals surface area contributed by atoms with Gasteiger partial charge < -0.3 is 10.6 Å². The van der Waals surface area contributed by atoms with Gasteiger partial charge in [0, 0.05) is 24.5 Å². The Hall–Kier alpha value is -1.96. The van der Waals surface area contributed by atoms with Crippen molar-refractivity contribution in [2.24, 2.45) is 0 Å². The van der Waals surface area contributed by atoms with Crippen molar-refractivity contribution >= 4 is 11.4 Å². The number of nitrogens with two attached hydrogens (primary N) is 1. The molecule has 1 aliphatic heterocycles. The molecular formula is C15H16N2. The molecule has 0 atom stereocenters. The highest BCUT2D eigenvalue weighted by atomic mass is 15.1. The first kappa shape index (κ1) is 10.2. The van der Waals surface area contributed by atoms with E-state index < -0.39 is 0 Å². The zero-order chi connectivity index (χ0) is 11.8. The molecule has 2 N–H and O–H groups in total. The SMILES string of the molecule is Cc1cccc(N2Cc3cccc(N)c3C2)c1. The Morgan fingerprint density at radius 1 is 1.06 bits per heavy atom. The van der Waals surface area contributed by atoms with E-state index in [0.29, 0.717) is 0 Å². The predicted octanol–water partition coefficient (Wildman–Crippen LogP) is 3.10. The first-order valence-corrected chi connectivity index (χ1v) is 5.92. The van der Waals surface area contributed by atoms with Crippen LogP contribution in [0.25, 0.3) is 0 Å². The maximum absolute atomic E-state index is 6.02. The molecule has 2 nitrogen and oxygen atoms in total. The Morgan fingerprint density at radius 3 is 2.65 bits per heavy atom. The van der Waals surface area contributed by atoms with Crippen molar-refractivity contribution in [1.82, 2.24) is 0 Å². The van der Waals surface area contributed by atoms with Crippen LogP contribution in [0.5, 0.6) is 0 Å².